The zero-order valence-corrected chi connectivity index (χ0v) is 10.1. The molecule has 3 heteroatoms. The summed E-state index contributed by atoms with van der Waals surface area (Å²) in [5, 5.41) is 9.07. The van der Waals surface area contributed by atoms with Crippen LogP contribution in [0.4, 0.5) is 15.8 Å². The number of nitrogens with zero attached hydrogens (tertiary/aromatic N) is 2. The molecule has 0 saturated heterocycles. The first-order valence-corrected chi connectivity index (χ1v) is 5.79. The Morgan fingerprint density at radius 1 is 1.11 bits per heavy atom. The maximum Gasteiger partial charge on any atom is 0.143 e. The Labute approximate surface area is 106 Å². The predicted molar refractivity (Wildman–Crippen MR) is 70.2 cm³/mol. The molecule has 0 fully saturated rings. The van der Waals surface area contributed by atoms with Gasteiger partial charge in [0.1, 0.15) is 17.4 Å². The number of halogens is 1. The molecule has 0 atom stereocenters. The summed E-state index contributed by atoms with van der Waals surface area (Å²) in [5.74, 6) is -0.482. The van der Waals surface area contributed by atoms with Gasteiger partial charge in [0.15, 0.2) is 0 Å². The highest BCUT2D eigenvalue weighted by Crippen LogP contribution is 2.29. The summed E-state index contributed by atoms with van der Waals surface area (Å²) in [7, 11) is 0. The summed E-state index contributed by atoms with van der Waals surface area (Å²) < 4.78 is 13.6. The second-order valence-corrected chi connectivity index (χ2v) is 3.83. The van der Waals surface area contributed by atoms with Gasteiger partial charge in [0.05, 0.1) is 5.69 Å². The van der Waals surface area contributed by atoms with E-state index in [0.717, 1.165) is 5.69 Å². The van der Waals surface area contributed by atoms with Crippen molar-refractivity contribution in [1.29, 1.82) is 5.26 Å². The third-order valence-corrected chi connectivity index (χ3v) is 2.78. The van der Waals surface area contributed by atoms with Crippen LogP contribution < -0.4 is 4.90 Å². The zero-order valence-electron chi connectivity index (χ0n) is 10.1. The minimum absolute atomic E-state index is 0.0863. The van der Waals surface area contributed by atoms with Crippen molar-refractivity contribution in [3.05, 3.63) is 59.9 Å². The third-order valence-electron chi connectivity index (χ3n) is 2.78. The average Bonchev–Trinajstić information content (AvgIpc) is 2.41. The minimum atomic E-state index is -0.482. The van der Waals surface area contributed by atoms with Gasteiger partial charge in [0.25, 0.3) is 0 Å². The van der Waals surface area contributed by atoms with Crippen molar-refractivity contribution in [3.8, 4) is 6.07 Å². The highest BCUT2D eigenvalue weighted by Gasteiger charge is 2.14. The van der Waals surface area contributed by atoms with Crippen LogP contribution in [0.2, 0.25) is 0 Å². The molecule has 0 unspecified atom stereocenters. The van der Waals surface area contributed by atoms with Crippen molar-refractivity contribution in [3.63, 3.8) is 0 Å². The second kappa shape index (κ2) is 5.33. The van der Waals surface area contributed by atoms with E-state index >= 15 is 0 Å². The molecule has 0 heterocycles. The zero-order chi connectivity index (χ0) is 13.0. The summed E-state index contributed by atoms with van der Waals surface area (Å²) in [6.07, 6.45) is 0. The lowest BCUT2D eigenvalue weighted by Crippen LogP contribution is -2.17. The van der Waals surface area contributed by atoms with E-state index in [-0.39, 0.29) is 5.56 Å². The predicted octanol–water partition coefficient (Wildman–Crippen LogP) is 3.86. The van der Waals surface area contributed by atoms with Crippen LogP contribution in [0.3, 0.4) is 0 Å². The molecule has 0 aliphatic carbocycles. The molecule has 2 aromatic carbocycles. The molecule has 18 heavy (non-hydrogen) atoms. The number of hydrogen-bond acceptors (Lipinski definition) is 2. The molecular formula is C15H13FN2. The summed E-state index contributed by atoms with van der Waals surface area (Å²) in [4.78, 5) is 1.92. The third kappa shape index (κ3) is 2.18. The highest BCUT2D eigenvalue weighted by atomic mass is 19.1. The van der Waals surface area contributed by atoms with E-state index in [0.29, 0.717) is 12.2 Å². The summed E-state index contributed by atoms with van der Waals surface area (Å²) in [6, 6.07) is 16.3. The number of rotatable bonds is 3. The first kappa shape index (κ1) is 12.1. The Bertz CT molecular complexity index is 573. The Balaban J connectivity index is 2.53. The van der Waals surface area contributed by atoms with Crippen LogP contribution in [-0.2, 0) is 0 Å². The van der Waals surface area contributed by atoms with Crippen LogP contribution in [0.15, 0.2) is 48.5 Å². The molecule has 0 amide bonds. The maximum atomic E-state index is 13.6. The first-order chi connectivity index (χ1) is 8.77. The highest BCUT2D eigenvalue weighted by molar-refractivity contribution is 5.69. The molecule has 90 valence electrons. The van der Waals surface area contributed by atoms with E-state index in [1.54, 1.807) is 12.1 Å². The Morgan fingerprint density at radius 3 is 2.44 bits per heavy atom. The molecule has 2 nitrogen and oxygen atoms in total. The number of hydrogen-bond donors (Lipinski definition) is 0. The molecule has 2 aromatic rings. The minimum Gasteiger partial charge on any atom is -0.341 e. The quantitative estimate of drug-likeness (QED) is 0.814. The molecule has 0 aromatic heterocycles. The SMILES string of the molecule is CCN(c1ccccc1)c1cccc(F)c1C#N. The van der Waals surface area contributed by atoms with Crippen LogP contribution in [0.1, 0.15) is 12.5 Å². The fourth-order valence-electron chi connectivity index (χ4n) is 1.95. The largest absolute Gasteiger partial charge is 0.341 e. The van der Waals surface area contributed by atoms with E-state index < -0.39 is 5.82 Å². The van der Waals surface area contributed by atoms with Gasteiger partial charge in [-0.05, 0) is 31.2 Å². The second-order valence-electron chi connectivity index (χ2n) is 3.83. The normalized spacial score (nSPS) is 9.83. The molecule has 0 aliphatic rings. The topological polar surface area (TPSA) is 27.0 Å². The van der Waals surface area contributed by atoms with Gasteiger partial charge in [0.2, 0.25) is 0 Å². The van der Waals surface area contributed by atoms with E-state index in [9.17, 15) is 4.39 Å². The van der Waals surface area contributed by atoms with Crippen molar-refractivity contribution >= 4 is 11.4 Å². The fraction of sp³-hybridized carbons (Fsp3) is 0.133. The van der Waals surface area contributed by atoms with Gasteiger partial charge in [-0.25, -0.2) is 4.39 Å². The molecule has 0 bridgehead atoms. The Morgan fingerprint density at radius 2 is 1.83 bits per heavy atom. The Kier molecular flexibility index (Phi) is 3.59. The smallest absolute Gasteiger partial charge is 0.143 e. The number of nitriles is 1. The lowest BCUT2D eigenvalue weighted by Gasteiger charge is -2.24. The molecule has 0 saturated carbocycles. The van der Waals surface area contributed by atoms with E-state index in [1.807, 2.05) is 48.2 Å². The summed E-state index contributed by atoms with van der Waals surface area (Å²) >= 11 is 0. The van der Waals surface area contributed by atoms with Gasteiger partial charge in [-0.3, -0.25) is 0 Å². The van der Waals surface area contributed by atoms with Crippen LogP contribution in [0.25, 0.3) is 0 Å². The van der Waals surface area contributed by atoms with Crippen molar-refractivity contribution < 1.29 is 4.39 Å². The lowest BCUT2D eigenvalue weighted by molar-refractivity contribution is 0.623. The maximum absolute atomic E-state index is 13.6. The fourth-order valence-corrected chi connectivity index (χ4v) is 1.95. The molecule has 0 spiro atoms. The molecule has 0 N–H and O–H groups in total. The van der Waals surface area contributed by atoms with Crippen LogP contribution in [0.5, 0.6) is 0 Å². The van der Waals surface area contributed by atoms with Gasteiger partial charge in [-0.15, -0.1) is 0 Å². The van der Waals surface area contributed by atoms with Gasteiger partial charge >= 0.3 is 0 Å². The van der Waals surface area contributed by atoms with Crippen LogP contribution in [-0.4, -0.2) is 6.54 Å². The van der Waals surface area contributed by atoms with Gasteiger partial charge in [-0.2, -0.15) is 5.26 Å². The molecule has 0 aliphatic heterocycles. The Hall–Kier alpha value is -2.34. The molecule has 2 rings (SSSR count). The van der Waals surface area contributed by atoms with Gasteiger partial charge < -0.3 is 4.90 Å². The van der Waals surface area contributed by atoms with Crippen LogP contribution in [0, 0.1) is 17.1 Å². The molecule has 0 radical (unpaired) electrons. The molecular weight excluding hydrogens is 227 g/mol. The van der Waals surface area contributed by atoms with E-state index in [2.05, 4.69) is 0 Å². The van der Waals surface area contributed by atoms with Crippen LogP contribution >= 0.6 is 0 Å². The number of para-hydroxylation sites is 1. The van der Waals surface area contributed by atoms with Crippen molar-refractivity contribution in [2.45, 2.75) is 6.92 Å². The van der Waals surface area contributed by atoms with Crippen molar-refractivity contribution in [1.82, 2.24) is 0 Å². The van der Waals surface area contributed by atoms with Gasteiger partial charge in [-0.1, -0.05) is 24.3 Å². The summed E-state index contributed by atoms with van der Waals surface area (Å²) in [6.45, 7) is 2.64. The van der Waals surface area contributed by atoms with Gasteiger partial charge in [0, 0.05) is 12.2 Å². The standard InChI is InChI=1S/C15H13FN2/c1-2-18(12-7-4-3-5-8-12)15-10-6-9-14(16)13(15)11-17/h3-10H,2H2,1H3. The number of benzene rings is 2. The average molecular weight is 240 g/mol. The van der Waals surface area contributed by atoms with Crippen molar-refractivity contribution in [2.75, 3.05) is 11.4 Å². The van der Waals surface area contributed by atoms with E-state index in [1.165, 1.54) is 6.07 Å². The summed E-state index contributed by atoms with van der Waals surface area (Å²) in [5.41, 5.74) is 1.64. The number of anilines is 2. The monoisotopic (exact) mass is 240 g/mol. The van der Waals surface area contributed by atoms with Crippen molar-refractivity contribution in [2.24, 2.45) is 0 Å². The van der Waals surface area contributed by atoms with E-state index in [4.69, 9.17) is 5.26 Å². The first-order valence-electron chi connectivity index (χ1n) is 5.79. The lowest BCUT2D eigenvalue weighted by atomic mass is 10.1.